The number of pyridine rings is 3. The van der Waals surface area contributed by atoms with E-state index in [0.717, 1.165) is 44.6 Å². The third-order valence-corrected chi connectivity index (χ3v) is 10.1. The number of benzene rings is 2. The maximum Gasteiger partial charge on any atom is 0.229 e. The van der Waals surface area contributed by atoms with E-state index in [4.69, 9.17) is 42.1 Å². The molecular formula is C41H43Cl2N3O12. The highest BCUT2D eigenvalue weighted by Gasteiger charge is 2.46. The van der Waals surface area contributed by atoms with Gasteiger partial charge in [0.15, 0.2) is 0 Å². The van der Waals surface area contributed by atoms with E-state index in [2.05, 4.69) is 15.0 Å². The fourth-order valence-corrected chi connectivity index (χ4v) is 6.76. The molecule has 0 bridgehead atoms. The van der Waals surface area contributed by atoms with Gasteiger partial charge in [0.05, 0.1) is 18.9 Å². The molecule has 2 saturated heterocycles. The molecule has 2 fully saturated rings. The van der Waals surface area contributed by atoms with Gasteiger partial charge in [-0.25, -0.2) is 9.97 Å². The van der Waals surface area contributed by atoms with E-state index in [0.29, 0.717) is 21.8 Å². The lowest BCUT2D eigenvalue weighted by atomic mass is 9.99. The average Bonchev–Trinajstić information content (AvgIpc) is 3.22. The summed E-state index contributed by atoms with van der Waals surface area (Å²) in [4.78, 5) is 12.4. The maximum absolute atomic E-state index is 10.2. The first-order valence-corrected chi connectivity index (χ1v) is 18.9. The van der Waals surface area contributed by atoms with E-state index in [1.807, 2.05) is 62.4 Å². The van der Waals surface area contributed by atoms with Crippen LogP contribution < -0.4 is 9.47 Å². The largest absolute Gasteiger partial charge is 0.462 e. The second-order valence-electron chi connectivity index (χ2n) is 13.8. The molecule has 58 heavy (non-hydrogen) atoms. The summed E-state index contributed by atoms with van der Waals surface area (Å²) in [6.45, 7) is 2.64. The topological polar surface area (TPSA) is 237 Å². The predicted octanol–water partition coefficient (Wildman–Crippen LogP) is 2.84. The molecule has 0 radical (unpaired) electrons. The summed E-state index contributed by atoms with van der Waals surface area (Å²) in [5.41, 5.74) is 6.81. The smallest absolute Gasteiger partial charge is 0.229 e. The summed E-state index contributed by atoms with van der Waals surface area (Å²) < 4.78 is 22.2. The first-order chi connectivity index (χ1) is 27.8. The van der Waals surface area contributed by atoms with Crippen LogP contribution >= 0.6 is 23.2 Å². The molecule has 17 heteroatoms. The van der Waals surface area contributed by atoms with E-state index < -0.39 is 74.6 Å². The Labute approximate surface area is 343 Å². The number of aliphatic hydroxyl groups excluding tert-OH is 8. The van der Waals surface area contributed by atoms with Crippen molar-refractivity contribution in [2.24, 2.45) is 0 Å². The maximum atomic E-state index is 10.2. The van der Waals surface area contributed by atoms with E-state index in [1.54, 1.807) is 42.9 Å². The molecule has 10 atom stereocenters. The SMILES string of the molecule is Cc1cc(-c2ccnc(-c3ccnc(Cl)c3)c2)ccc1OC1OC(CO)C(O)C(O)C1O.Cc1cc(-c2ccnc(Cl)c2)ccc1OC1OC(CO)C(O)C(O)C1O. The Kier molecular flexibility index (Phi) is 14.3. The zero-order valence-corrected chi connectivity index (χ0v) is 32.7. The van der Waals surface area contributed by atoms with Gasteiger partial charge in [-0.3, -0.25) is 4.98 Å². The zero-order chi connectivity index (χ0) is 41.7. The van der Waals surface area contributed by atoms with Crippen LogP contribution in [-0.2, 0) is 9.47 Å². The highest BCUT2D eigenvalue weighted by atomic mass is 35.5. The van der Waals surface area contributed by atoms with Gasteiger partial charge in [-0.05, 0) is 108 Å². The van der Waals surface area contributed by atoms with Crippen molar-refractivity contribution < 1.29 is 59.8 Å². The molecule has 0 amide bonds. The molecule has 2 aliphatic heterocycles. The zero-order valence-electron chi connectivity index (χ0n) is 31.2. The van der Waals surface area contributed by atoms with Crippen LogP contribution in [0.3, 0.4) is 0 Å². The number of nitrogens with zero attached hydrogens (tertiary/aromatic N) is 3. The molecule has 2 aliphatic rings. The lowest BCUT2D eigenvalue weighted by Crippen LogP contribution is -2.60. The standard InChI is InChI=1S/C23H23ClN2O6.C18H20ClNO6/c1-12-8-13(14-4-6-25-16(9-14)15-5-7-26-19(24)10-15)2-3-17(12)31-23-22(30)21(29)20(28)18(11-27)32-23;1-9-6-10(11-4-5-20-14(19)7-11)2-3-12(9)25-18-17(24)16(23)15(22)13(8-21)26-18/h2-10,18,20-23,27-30H,11H2,1H3;2-7,13,15-18,21-24H,8H2,1H3. The van der Waals surface area contributed by atoms with Gasteiger partial charge in [0.1, 0.15) is 70.6 Å². The van der Waals surface area contributed by atoms with E-state index in [1.165, 1.54) is 0 Å². The van der Waals surface area contributed by atoms with Crippen molar-refractivity contribution in [1.82, 2.24) is 15.0 Å². The van der Waals surface area contributed by atoms with Gasteiger partial charge in [-0.2, -0.15) is 0 Å². The minimum atomic E-state index is -1.50. The van der Waals surface area contributed by atoms with Crippen molar-refractivity contribution in [3.05, 3.63) is 113 Å². The summed E-state index contributed by atoms with van der Waals surface area (Å²) in [5.74, 6) is 0.881. The van der Waals surface area contributed by atoms with Crippen LogP contribution in [0.25, 0.3) is 33.5 Å². The van der Waals surface area contributed by atoms with Crippen LogP contribution in [-0.4, -0.2) is 130 Å². The third-order valence-electron chi connectivity index (χ3n) is 9.71. The Bertz CT molecular complexity index is 2160. The van der Waals surface area contributed by atoms with Gasteiger partial charge in [-0.1, -0.05) is 35.3 Å². The quantitative estimate of drug-likeness (QED) is 0.0997. The summed E-state index contributed by atoms with van der Waals surface area (Å²) in [7, 11) is 0. The van der Waals surface area contributed by atoms with Gasteiger partial charge in [0, 0.05) is 24.2 Å². The van der Waals surface area contributed by atoms with Crippen molar-refractivity contribution in [3.8, 4) is 45.0 Å². The lowest BCUT2D eigenvalue weighted by Gasteiger charge is -2.39. The second kappa shape index (κ2) is 19.2. The van der Waals surface area contributed by atoms with Gasteiger partial charge >= 0.3 is 0 Å². The number of halogens is 2. The Hall–Kier alpha value is -4.33. The summed E-state index contributed by atoms with van der Waals surface area (Å²) in [6.07, 6.45) is -8.31. The number of rotatable bonds is 9. The molecule has 3 aromatic heterocycles. The first kappa shape index (κ1) is 43.3. The van der Waals surface area contributed by atoms with E-state index in [-0.39, 0.29) is 0 Å². The monoisotopic (exact) mass is 839 g/mol. The molecule has 5 aromatic rings. The van der Waals surface area contributed by atoms with Crippen molar-refractivity contribution in [2.75, 3.05) is 13.2 Å². The summed E-state index contributed by atoms with van der Waals surface area (Å²) in [5, 5.41) is 79.2. The number of ether oxygens (including phenoxy) is 4. The van der Waals surface area contributed by atoms with E-state index >= 15 is 0 Å². The van der Waals surface area contributed by atoms with E-state index in [9.17, 15) is 40.9 Å². The molecule has 15 nitrogen and oxygen atoms in total. The molecule has 2 aromatic carbocycles. The summed E-state index contributed by atoms with van der Waals surface area (Å²) in [6, 6.07) is 21.9. The molecule has 0 aliphatic carbocycles. The number of hydrogen-bond donors (Lipinski definition) is 8. The van der Waals surface area contributed by atoms with Crippen molar-refractivity contribution in [2.45, 2.75) is 75.3 Å². The Morgan fingerprint density at radius 2 is 0.897 bits per heavy atom. The minimum Gasteiger partial charge on any atom is -0.462 e. The Morgan fingerprint density at radius 3 is 1.33 bits per heavy atom. The molecule has 8 N–H and O–H groups in total. The first-order valence-electron chi connectivity index (χ1n) is 18.1. The fraction of sp³-hybridized carbons (Fsp3) is 0.341. The summed E-state index contributed by atoms with van der Waals surface area (Å²) >= 11 is 11.9. The lowest BCUT2D eigenvalue weighted by molar-refractivity contribution is -0.277. The second-order valence-corrected chi connectivity index (χ2v) is 14.5. The van der Waals surface area contributed by atoms with Gasteiger partial charge in [-0.15, -0.1) is 0 Å². The third kappa shape index (κ3) is 9.92. The van der Waals surface area contributed by atoms with Crippen molar-refractivity contribution in [1.29, 1.82) is 0 Å². The molecule has 308 valence electrons. The van der Waals surface area contributed by atoms with Crippen LogP contribution in [0, 0.1) is 13.8 Å². The normalized spacial score (nSPS) is 27.0. The highest BCUT2D eigenvalue weighted by molar-refractivity contribution is 6.29. The van der Waals surface area contributed by atoms with Crippen LogP contribution in [0.5, 0.6) is 11.5 Å². The average molecular weight is 841 g/mol. The predicted molar refractivity (Wildman–Crippen MR) is 211 cm³/mol. The molecule has 0 spiro atoms. The molecule has 0 saturated carbocycles. The van der Waals surface area contributed by atoms with Crippen molar-refractivity contribution >= 4 is 23.2 Å². The number of aliphatic hydroxyl groups is 8. The van der Waals surface area contributed by atoms with Crippen molar-refractivity contribution in [3.63, 3.8) is 0 Å². The van der Waals surface area contributed by atoms with Crippen LogP contribution in [0.4, 0.5) is 0 Å². The van der Waals surface area contributed by atoms with Crippen LogP contribution in [0.15, 0.2) is 91.4 Å². The van der Waals surface area contributed by atoms with Crippen LogP contribution in [0.2, 0.25) is 10.3 Å². The molecular weight excluding hydrogens is 797 g/mol. The van der Waals surface area contributed by atoms with Gasteiger partial charge in [0.25, 0.3) is 0 Å². The Balaban J connectivity index is 0.000000200. The molecule has 5 heterocycles. The van der Waals surface area contributed by atoms with Gasteiger partial charge in [0.2, 0.25) is 12.6 Å². The Morgan fingerprint density at radius 1 is 0.500 bits per heavy atom. The fourth-order valence-electron chi connectivity index (χ4n) is 6.41. The van der Waals surface area contributed by atoms with Gasteiger partial charge < -0.3 is 59.8 Å². The van der Waals surface area contributed by atoms with Crippen LogP contribution in [0.1, 0.15) is 11.1 Å². The minimum absolute atomic E-state index is 0.389. The molecule has 10 unspecified atom stereocenters. The highest BCUT2D eigenvalue weighted by Crippen LogP contribution is 2.33. The number of hydrogen-bond acceptors (Lipinski definition) is 15. The number of aromatic nitrogens is 3. The molecule has 7 rings (SSSR count). The number of aryl methyl sites for hydroxylation is 2.